The van der Waals surface area contributed by atoms with Crippen LogP contribution in [-0.2, 0) is 16.0 Å². The molecule has 1 aliphatic heterocycles. The van der Waals surface area contributed by atoms with Gasteiger partial charge in [0.25, 0.3) is 0 Å². The number of carbonyl (C=O) groups excluding carboxylic acids is 1. The predicted molar refractivity (Wildman–Crippen MR) is 84.7 cm³/mol. The Balaban J connectivity index is 1.57. The number of carbonyl (C=O) groups is 2. The summed E-state index contributed by atoms with van der Waals surface area (Å²) in [5, 5.41) is 14.1. The minimum atomic E-state index is -0.703. The Kier molecular flexibility index (Phi) is 4.54. The van der Waals surface area contributed by atoms with Crippen LogP contribution in [0.3, 0.4) is 0 Å². The maximum absolute atomic E-state index is 12.5. The number of aryl methyl sites for hydroxylation is 1. The summed E-state index contributed by atoms with van der Waals surface area (Å²) < 4.78 is 0. The zero-order chi connectivity index (χ0) is 14.8. The number of hydrogen-bond donors (Lipinski definition) is 2. The number of hydrogen-bond acceptors (Lipinski definition) is 4. The molecule has 21 heavy (non-hydrogen) atoms. The molecule has 0 radical (unpaired) electrons. The number of amides is 1. The predicted octanol–water partition coefficient (Wildman–Crippen LogP) is 2.84. The first kappa shape index (κ1) is 14.9. The second kappa shape index (κ2) is 6.40. The first-order valence-corrected chi connectivity index (χ1v) is 9.29. The van der Waals surface area contributed by atoms with Crippen molar-refractivity contribution in [2.24, 2.45) is 5.92 Å². The largest absolute Gasteiger partial charge is 0.481 e. The van der Waals surface area contributed by atoms with E-state index in [1.165, 1.54) is 10.4 Å². The highest BCUT2D eigenvalue weighted by Crippen LogP contribution is 2.39. The molecule has 2 aliphatic rings. The van der Waals surface area contributed by atoms with Crippen LogP contribution in [0, 0.1) is 5.92 Å². The lowest BCUT2D eigenvalue weighted by Gasteiger charge is -2.29. The maximum atomic E-state index is 12.5. The molecule has 1 amide bonds. The molecule has 1 aliphatic carbocycles. The van der Waals surface area contributed by atoms with Gasteiger partial charge in [0.05, 0.1) is 5.92 Å². The summed E-state index contributed by atoms with van der Waals surface area (Å²) in [6, 6.07) is 2.20. The van der Waals surface area contributed by atoms with Crippen LogP contribution in [0.15, 0.2) is 11.4 Å². The van der Waals surface area contributed by atoms with Crippen LogP contribution in [0.25, 0.3) is 0 Å². The average Bonchev–Trinajstić information content (AvgIpc) is 2.96. The van der Waals surface area contributed by atoms with E-state index in [9.17, 15) is 9.59 Å². The van der Waals surface area contributed by atoms with Crippen molar-refractivity contribution in [1.82, 2.24) is 5.32 Å². The molecule has 3 rings (SSSR count). The molecule has 6 heteroatoms. The number of thioether (sulfide) groups is 1. The second-order valence-electron chi connectivity index (χ2n) is 5.70. The molecule has 1 fully saturated rings. The van der Waals surface area contributed by atoms with Crippen LogP contribution in [0.2, 0.25) is 0 Å². The van der Waals surface area contributed by atoms with Crippen molar-refractivity contribution in [3.8, 4) is 0 Å². The summed E-state index contributed by atoms with van der Waals surface area (Å²) in [4.78, 5) is 24.8. The first-order chi connectivity index (χ1) is 10.1. The van der Waals surface area contributed by atoms with Gasteiger partial charge in [0.2, 0.25) is 5.91 Å². The highest BCUT2D eigenvalue weighted by Gasteiger charge is 2.31. The van der Waals surface area contributed by atoms with Gasteiger partial charge in [-0.3, -0.25) is 9.59 Å². The van der Waals surface area contributed by atoms with Crippen molar-refractivity contribution in [3.05, 3.63) is 21.9 Å². The number of thiophene rings is 1. The highest BCUT2D eigenvalue weighted by atomic mass is 32.2. The van der Waals surface area contributed by atoms with Crippen LogP contribution in [0.1, 0.15) is 41.4 Å². The number of fused-ring (bicyclic) bond motifs is 1. The molecule has 1 aromatic rings. The Labute approximate surface area is 132 Å². The van der Waals surface area contributed by atoms with E-state index in [2.05, 4.69) is 16.8 Å². The van der Waals surface area contributed by atoms with Crippen LogP contribution in [-0.4, -0.2) is 28.8 Å². The molecule has 4 nitrogen and oxygen atoms in total. The third kappa shape index (κ3) is 3.26. The van der Waals surface area contributed by atoms with E-state index in [1.54, 1.807) is 23.1 Å². The van der Waals surface area contributed by atoms with Gasteiger partial charge >= 0.3 is 5.97 Å². The van der Waals surface area contributed by atoms with Crippen molar-refractivity contribution < 1.29 is 14.7 Å². The number of nitrogens with one attached hydrogen (secondary N) is 1. The Morgan fingerprint density at radius 2 is 2.00 bits per heavy atom. The van der Waals surface area contributed by atoms with Gasteiger partial charge in [-0.25, -0.2) is 0 Å². The minimum Gasteiger partial charge on any atom is -0.481 e. The SMILES string of the molecule is O=C(O)C1CCC(NC(=O)C2SCCc3sccc32)CC1. The zero-order valence-electron chi connectivity index (χ0n) is 11.7. The number of carboxylic acid groups (broad SMARTS) is 1. The molecule has 2 N–H and O–H groups in total. The highest BCUT2D eigenvalue weighted by molar-refractivity contribution is 8.00. The van der Waals surface area contributed by atoms with E-state index >= 15 is 0 Å². The molecule has 1 atom stereocenters. The molecular weight excluding hydrogens is 306 g/mol. The zero-order valence-corrected chi connectivity index (χ0v) is 13.3. The van der Waals surface area contributed by atoms with Crippen LogP contribution in [0.5, 0.6) is 0 Å². The summed E-state index contributed by atoms with van der Waals surface area (Å²) in [7, 11) is 0. The normalized spacial score (nSPS) is 28.7. The van der Waals surface area contributed by atoms with E-state index in [0.717, 1.165) is 25.0 Å². The molecule has 114 valence electrons. The Morgan fingerprint density at radius 3 is 2.71 bits per heavy atom. The number of rotatable bonds is 3. The lowest BCUT2D eigenvalue weighted by Crippen LogP contribution is -2.41. The maximum Gasteiger partial charge on any atom is 0.306 e. The van der Waals surface area contributed by atoms with Gasteiger partial charge in [-0.1, -0.05) is 0 Å². The van der Waals surface area contributed by atoms with Gasteiger partial charge in [-0.05, 0) is 54.9 Å². The van der Waals surface area contributed by atoms with Crippen molar-refractivity contribution in [2.45, 2.75) is 43.4 Å². The van der Waals surface area contributed by atoms with Crippen LogP contribution >= 0.6 is 23.1 Å². The Hall–Kier alpha value is -1.01. The third-order valence-corrected chi connectivity index (χ3v) is 6.57. The van der Waals surface area contributed by atoms with Crippen LogP contribution in [0.4, 0.5) is 0 Å². The lowest BCUT2D eigenvalue weighted by molar-refractivity contribution is -0.142. The lowest BCUT2D eigenvalue weighted by atomic mass is 9.86. The van der Waals surface area contributed by atoms with Gasteiger partial charge in [0.1, 0.15) is 5.25 Å². The smallest absolute Gasteiger partial charge is 0.306 e. The monoisotopic (exact) mass is 325 g/mol. The first-order valence-electron chi connectivity index (χ1n) is 7.36. The molecular formula is C15H19NO3S2. The minimum absolute atomic E-state index is 0.0859. The van der Waals surface area contributed by atoms with Gasteiger partial charge in [-0.15, -0.1) is 23.1 Å². The molecule has 1 unspecified atom stereocenters. The van der Waals surface area contributed by atoms with E-state index in [-0.39, 0.29) is 23.1 Å². The molecule has 0 aromatic carbocycles. The standard InChI is InChI=1S/C15H19NO3S2/c17-14(13-11-5-7-20-12(11)6-8-21-13)16-10-3-1-9(2-4-10)15(18)19/h5,7,9-10,13H,1-4,6,8H2,(H,16,17)(H,18,19). The fourth-order valence-corrected chi connectivity index (χ4v) is 5.43. The summed E-state index contributed by atoms with van der Waals surface area (Å²) in [5.74, 6) is 0.159. The fourth-order valence-electron chi connectivity index (χ4n) is 3.13. The van der Waals surface area contributed by atoms with E-state index in [0.29, 0.717) is 12.8 Å². The topological polar surface area (TPSA) is 66.4 Å². The fraction of sp³-hybridized carbons (Fsp3) is 0.600. The summed E-state index contributed by atoms with van der Waals surface area (Å²) in [5.41, 5.74) is 1.17. The van der Waals surface area contributed by atoms with Gasteiger partial charge in [-0.2, -0.15) is 0 Å². The summed E-state index contributed by atoms with van der Waals surface area (Å²) in [6.45, 7) is 0. The van der Waals surface area contributed by atoms with E-state index < -0.39 is 5.97 Å². The summed E-state index contributed by atoms with van der Waals surface area (Å²) >= 11 is 3.45. The average molecular weight is 325 g/mol. The molecule has 0 spiro atoms. The summed E-state index contributed by atoms with van der Waals surface area (Å²) in [6.07, 6.45) is 3.95. The molecule has 0 bridgehead atoms. The van der Waals surface area contributed by atoms with E-state index in [4.69, 9.17) is 5.11 Å². The Morgan fingerprint density at radius 1 is 1.24 bits per heavy atom. The van der Waals surface area contributed by atoms with Gasteiger partial charge in [0.15, 0.2) is 0 Å². The van der Waals surface area contributed by atoms with Gasteiger partial charge < -0.3 is 10.4 Å². The van der Waals surface area contributed by atoms with Crippen molar-refractivity contribution in [3.63, 3.8) is 0 Å². The number of carboxylic acids is 1. The molecule has 1 saturated carbocycles. The van der Waals surface area contributed by atoms with Crippen molar-refractivity contribution >= 4 is 35.0 Å². The van der Waals surface area contributed by atoms with Crippen molar-refractivity contribution in [2.75, 3.05) is 5.75 Å². The van der Waals surface area contributed by atoms with Crippen molar-refractivity contribution in [1.29, 1.82) is 0 Å². The second-order valence-corrected chi connectivity index (χ2v) is 7.91. The Bertz CT molecular complexity index is 535. The van der Waals surface area contributed by atoms with Gasteiger partial charge in [0, 0.05) is 10.9 Å². The molecule has 0 saturated heterocycles. The van der Waals surface area contributed by atoms with Crippen LogP contribution < -0.4 is 5.32 Å². The van der Waals surface area contributed by atoms with E-state index in [1.807, 2.05) is 0 Å². The third-order valence-electron chi connectivity index (χ3n) is 4.34. The molecule has 1 aromatic heterocycles. The number of aliphatic carboxylic acids is 1. The molecule has 2 heterocycles. The quantitative estimate of drug-likeness (QED) is 0.897.